The molecule has 0 radical (unpaired) electrons. The highest BCUT2D eigenvalue weighted by molar-refractivity contribution is 9.10. The molecule has 4 rings (SSSR count). The Bertz CT molecular complexity index is 598. The van der Waals surface area contributed by atoms with Gasteiger partial charge in [-0.25, -0.2) is 0 Å². The molecule has 1 aliphatic heterocycles. The lowest BCUT2D eigenvalue weighted by molar-refractivity contribution is 0.384. The van der Waals surface area contributed by atoms with Gasteiger partial charge in [-0.1, -0.05) is 15.9 Å². The first-order chi connectivity index (χ1) is 8.34. The Balaban J connectivity index is 2.11. The van der Waals surface area contributed by atoms with E-state index in [1.54, 1.807) is 11.3 Å². The number of aryl methyl sites for hydroxylation is 1. The van der Waals surface area contributed by atoms with E-state index in [4.69, 9.17) is 0 Å². The molecule has 0 fully saturated rings. The van der Waals surface area contributed by atoms with Crippen LogP contribution in [0.1, 0.15) is 30.1 Å². The van der Waals surface area contributed by atoms with Crippen molar-refractivity contribution in [1.82, 2.24) is 9.88 Å². The maximum atomic E-state index is 3.66. The number of fused-ring (bicyclic) bond motifs is 3. The van der Waals surface area contributed by atoms with Gasteiger partial charge in [0.25, 0.3) is 0 Å². The van der Waals surface area contributed by atoms with Crippen LogP contribution in [0.4, 0.5) is 0 Å². The third kappa shape index (κ3) is 1.36. The first-order valence-electron chi connectivity index (χ1n) is 6.38. The third-order valence-corrected chi connectivity index (χ3v) is 4.64. The summed E-state index contributed by atoms with van der Waals surface area (Å²) in [5.41, 5.74) is 4.58. The molecular weight excluding hydrogens is 276 g/mol. The zero-order valence-corrected chi connectivity index (χ0v) is 11.3. The molecule has 0 amide bonds. The molecule has 1 aromatic heterocycles. The molecule has 1 aliphatic carbocycles. The quantitative estimate of drug-likeness (QED) is 0.787. The van der Waals surface area contributed by atoms with Crippen LogP contribution in [-0.2, 0) is 13.0 Å². The van der Waals surface area contributed by atoms with E-state index in [9.17, 15) is 0 Å². The normalized spacial score (nSPS) is 22.8. The molecule has 2 nitrogen and oxygen atoms in total. The van der Waals surface area contributed by atoms with Crippen molar-refractivity contribution in [2.45, 2.75) is 31.8 Å². The van der Waals surface area contributed by atoms with Crippen LogP contribution in [0.25, 0.3) is 10.9 Å². The minimum absolute atomic E-state index is 0.596. The van der Waals surface area contributed by atoms with Crippen LogP contribution in [0.2, 0.25) is 0 Å². The monoisotopic (exact) mass is 290 g/mol. The van der Waals surface area contributed by atoms with Gasteiger partial charge < -0.3 is 9.88 Å². The molecular formula is C14H15BrN2. The number of nitrogens with one attached hydrogen (secondary N) is 1. The molecule has 0 unspecified atom stereocenters. The number of benzene rings is 1. The predicted molar refractivity (Wildman–Crippen MR) is 73.3 cm³/mol. The molecule has 0 bridgehead atoms. The molecule has 2 aliphatic rings. The zero-order chi connectivity index (χ0) is 11.4. The van der Waals surface area contributed by atoms with E-state index in [1.807, 2.05) is 0 Å². The maximum absolute atomic E-state index is 3.66. The summed E-state index contributed by atoms with van der Waals surface area (Å²) < 4.78 is 3.73. The third-order valence-electron chi connectivity index (χ3n) is 4.15. The molecule has 1 aromatic carbocycles. The van der Waals surface area contributed by atoms with Gasteiger partial charge in [-0.3, -0.25) is 0 Å². The molecule has 3 heteroatoms. The van der Waals surface area contributed by atoms with Gasteiger partial charge in [-0.15, -0.1) is 0 Å². The van der Waals surface area contributed by atoms with Gasteiger partial charge in [-0.05, 0) is 43.0 Å². The van der Waals surface area contributed by atoms with Crippen molar-refractivity contribution in [1.29, 1.82) is 0 Å². The summed E-state index contributed by atoms with van der Waals surface area (Å²) in [5, 5.41) is 5.12. The number of hydrogen-bond acceptors (Lipinski definition) is 1. The molecule has 0 saturated heterocycles. The summed E-state index contributed by atoms with van der Waals surface area (Å²) in [6.07, 6.45) is 3.86. The van der Waals surface area contributed by atoms with Gasteiger partial charge in [0.05, 0.1) is 0 Å². The summed E-state index contributed by atoms with van der Waals surface area (Å²) in [7, 11) is 0. The number of nitrogens with zero attached hydrogens (tertiary/aromatic N) is 1. The van der Waals surface area contributed by atoms with E-state index in [0.29, 0.717) is 6.04 Å². The van der Waals surface area contributed by atoms with Crippen molar-refractivity contribution in [3.8, 4) is 0 Å². The lowest BCUT2D eigenvalue weighted by Gasteiger charge is -2.31. The summed E-state index contributed by atoms with van der Waals surface area (Å²) in [4.78, 5) is 0. The fourth-order valence-electron chi connectivity index (χ4n) is 3.49. The summed E-state index contributed by atoms with van der Waals surface area (Å²) in [6, 6.07) is 7.31. The van der Waals surface area contributed by atoms with Crippen LogP contribution in [0.5, 0.6) is 0 Å². The van der Waals surface area contributed by atoms with Crippen LogP contribution in [-0.4, -0.2) is 11.1 Å². The second-order valence-corrected chi connectivity index (χ2v) is 5.99. The molecule has 2 aromatic rings. The highest BCUT2D eigenvalue weighted by Gasteiger charge is 2.29. The molecule has 0 spiro atoms. The van der Waals surface area contributed by atoms with Crippen molar-refractivity contribution in [3.63, 3.8) is 0 Å². The van der Waals surface area contributed by atoms with Gasteiger partial charge >= 0.3 is 0 Å². The Labute approximate surface area is 109 Å². The van der Waals surface area contributed by atoms with Crippen LogP contribution in [0.3, 0.4) is 0 Å². The standard InChI is InChI=1S/C14H15BrN2/c15-9-4-5-13-11(8-9)10-2-1-3-12-14(10)17(13)7-6-16-12/h4-5,8,12,16H,1-3,6-7H2/t12-/m1/s1. The molecule has 17 heavy (non-hydrogen) atoms. The van der Waals surface area contributed by atoms with Crippen molar-refractivity contribution < 1.29 is 0 Å². The second kappa shape index (κ2) is 3.59. The molecule has 1 N–H and O–H groups in total. The Morgan fingerprint density at radius 3 is 3.24 bits per heavy atom. The first kappa shape index (κ1) is 10.2. The van der Waals surface area contributed by atoms with Gasteiger partial charge in [0, 0.05) is 40.2 Å². The van der Waals surface area contributed by atoms with Crippen LogP contribution < -0.4 is 5.32 Å². The minimum Gasteiger partial charge on any atom is -0.342 e. The van der Waals surface area contributed by atoms with Gasteiger partial charge in [0.15, 0.2) is 0 Å². The van der Waals surface area contributed by atoms with Crippen molar-refractivity contribution in [2.75, 3.05) is 6.54 Å². The smallest absolute Gasteiger partial charge is 0.0487 e. The van der Waals surface area contributed by atoms with Gasteiger partial charge in [-0.2, -0.15) is 0 Å². The lowest BCUT2D eigenvalue weighted by Crippen LogP contribution is -2.35. The van der Waals surface area contributed by atoms with Crippen LogP contribution in [0, 0.1) is 0 Å². The van der Waals surface area contributed by atoms with Crippen LogP contribution in [0.15, 0.2) is 22.7 Å². The van der Waals surface area contributed by atoms with Crippen molar-refractivity contribution >= 4 is 26.8 Å². The predicted octanol–water partition coefficient (Wildman–Crippen LogP) is 3.38. The van der Waals surface area contributed by atoms with Crippen molar-refractivity contribution in [2.24, 2.45) is 0 Å². The zero-order valence-electron chi connectivity index (χ0n) is 9.67. The minimum atomic E-state index is 0.596. The van der Waals surface area contributed by atoms with E-state index in [-0.39, 0.29) is 0 Å². The molecule has 1 atom stereocenters. The number of aromatic nitrogens is 1. The van der Waals surface area contributed by atoms with Crippen molar-refractivity contribution in [3.05, 3.63) is 33.9 Å². The Hall–Kier alpha value is -0.800. The maximum Gasteiger partial charge on any atom is 0.0487 e. The lowest BCUT2D eigenvalue weighted by atomic mass is 9.91. The number of hydrogen-bond donors (Lipinski definition) is 1. The second-order valence-electron chi connectivity index (χ2n) is 5.08. The van der Waals surface area contributed by atoms with E-state index < -0.39 is 0 Å². The number of halogens is 1. The topological polar surface area (TPSA) is 17.0 Å². The van der Waals surface area contributed by atoms with E-state index >= 15 is 0 Å². The van der Waals surface area contributed by atoms with Gasteiger partial charge in [0.1, 0.15) is 0 Å². The van der Waals surface area contributed by atoms with Crippen LogP contribution >= 0.6 is 15.9 Å². The molecule has 88 valence electrons. The van der Waals surface area contributed by atoms with E-state index in [2.05, 4.69) is 44.0 Å². The Kier molecular flexibility index (Phi) is 2.15. The summed E-state index contributed by atoms with van der Waals surface area (Å²) in [5.74, 6) is 0. The largest absolute Gasteiger partial charge is 0.342 e. The Morgan fingerprint density at radius 2 is 2.29 bits per heavy atom. The average Bonchev–Trinajstić information content (AvgIpc) is 2.67. The fourth-order valence-corrected chi connectivity index (χ4v) is 3.85. The van der Waals surface area contributed by atoms with Gasteiger partial charge in [0.2, 0.25) is 0 Å². The Morgan fingerprint density at radius 1 is 1.35 bits per heavy atom. The number of rotatable bonds is 0. The SMILES string of the molecule is Brc1ccc2c(c1)c1c3n2CCN[C@@H]3CCC1. The summed E-state index contributed by atoms with van der Waals surface area (Å²) >= 11 is 3.60. The van der Waals surface area contributed by atoms with E-state index in [0.717, 1.165) is 13.1 Å². The average molecular weight is 291 g/mol. The molecule has 2 heterocycles. The fraction of sp³-hybridized carbons (Fsp3) is 0.429. The highest BCUT2D eigenvalue weighted by atomic mass is 79.9. The molecule has 0 saturated carbocycles. The van der Waals surface area contributed by atoms with E-state index in [1.165, 1.54) is 34.6 Å². The summed E-state index contributed by atoms with van der Waals surface area (Å²) in [6.45, 7) is 2.22. The first-order valence-corrected chi connectivity index (χ1v) is 7.18. The highest BCUT2D eigenvalue weighted by Crippen LogP contribution is 2.39.